The molecule has 0 heterocycles. The molecule has 1 nitrogen and oxygen atoms in total. The summed E-state index contributed by atoms with van der Waals surface area (Å²) < 4.78 is 29.5. The molecular weight excluding hydrogens is 198 g/mol. The largest absolute Gasteiger partial charge is 0.432 e. The number of benzene rings is 1. The third-order valence-electron chi connectivity index (χ3n) is 1.44. The third kappa shape index (κ3) is 3.19. The van der Waals surface area contributed by atoms with E-state index in [0.29, 0.717) is 0 Å². The number of halogens is 3. The fourth-order valence-corrected chi connectivity index (χ4v) is 0.861. The summed E-state index contributed by atoms with van der Waals surface area (Å²) in [6.45, 7) is 1.86. The second kappa shape index (κ2) is 3.92. The monoisotopic (exact) mass is 206 g/mol. The van der Waals surface area contributed by atoms with Crippen molar-refractivity contribution < 1.29 is 13.5 Å². The first-order chi connectivity index (χ1) is 6.03. The summed E-state index contributed by atoms with van der Waals surface area (Å²) in [4.78, 5) is 0. The lowest BCUT2D eigenvalue weighted by Gasteiger charge is -2.14. The molecule has 72 valence electrons. The molecule has 0 bridgehead atoms. The third-order valence-corrected chi connectivity index (χ3v) is 1.75. The Morgan fingerprint density at radius 1 is 1.31 bits per heavy atom. The zero-order valence-corrected chi connectivity index (χ0v) is 7.81. The van der Waals surface area contributed by atoms with E-state index in [0.717, 1.165) is 5.56 Å². The Morgan fingerprint density at radius 2 is 1.85 bits per heavy atom. The van der Waals surface area contributed by atoms with E-state index in [-0.39, 0.29) is 5.75 Å². The van der Waals surface area contributed by atoms with E-state index in [1.807, 2.05) is 6.92 Å². The van der Waals surface area contributed by atoms with Gasteiger partial charge in [-0.2, -0.15) is 8.78 Å². The molecule has 0 radical (unpaired) electrons. The second-order valence-corrected chi connectivity index (χ2v) is 2.95. The molecule has 0 saturated carbocycles. The van der Waals surface area contributed by atoms with Crippen molar-refractivity contribution in [1.29, 1.82) is 0 Å². The highest BCUT2D eigenvalue weighted by molar-refractivity contribution is 6.18. The van der Waals surface area contributed by atoms with Gasteiger partial charge in [0, 0.05) is 0 Å². The molecule has 4 heteroatoms. The van der Waals surface area contributed by atoms with Crippen LogP contribution in [-0.4, -0.2) is 12.0 Å². The van der Waals surface area contributed by atoms with Crippen LogP contribution in [0.5, 0.6) is 5.75 Å². The van der Waals surface area contributed by atoms with Gasteiger partial charge in [0.2, 0.25) is 0 Å². The predicted molar refractivity (Wildman–Crippen MR) is 47.5 cm³/mol. The van der Waals surface area contributed by atoms with Crippen LogP contribution in [0.15, 0.2) is 24.3 Å². The van der Waals surface area contributed by atoms with Gasteiger partial charge in [-0.1, -0.05) is 17.7 Å². The van der Waals surface area contributed by atoms with E-state index in [4.69, 9.17) is 11.6 Å². The first-order valence-electron chi connectivity index (χ1n) is 3.73. The van der Waals surface area contributed by atoms with Crippen molar-refractivity contribution in [2.45, 2.75) is 13.0 Å². The molecule has 0 saturated heterocycles. The summed E-state index contributed by atoms with van der Waals surface area (Å²) in [6.07, 6.45) is -3.29. The van der Waals surface area contributed by atoms with Crippen molar-refractivity contribution in [3.05, 3.63) is 29.8 Å². The average molecular weight is 207 g/mol. The van der Waals surface area contributed by atoms with Gasteiger partial charge in [-0.05, 0) is 19.1 Å². The Bertz CT molecular complexity index is 271. The Hall–Kier alpha value is -0.830. The maximum absolute atomic E-state index is 12.6. The van der Waals surface area contributed by atoms with E-state index in [1.165, 1.54) is 12.1 Å². The predicted octanol–water partition coefficient (Wildman–Crippen LogP) is 3.21. The smallest absolute Gasteiger partial charge is 0.411 e. The second-order valence-electron chi connectivity index (χ2n) is 2.69. The molecule has 0 N–H and O–H groups in total. The molecule has 0 aliphatic rings. The van der Waals surface area contributed by atoms with Crippen molar-refractivity contribution in [2.75, 3.05) is 5.88 Å². The lowest BCUT2D eigenvalue weighted by molar-refractivity contribution is -0.155. The van der Waals surface area contributed by atoms with E-state index in [9.17, 15) is 8.78 Å². The molecule has 1 aromatic rings. The zero-order chi connectivity index (χ0) is 9.90. The van der Waals surface area contributed by atoms with Crippen LogP contribution < -0.4 is 4.74 Å². The summed E-state index contributed by atoms with van der Waals surface area (Å²) in [5.74, 6) is -0.725. The Kier molecular flexibility index (Phi) is 3.09. The lowest BCUT2D eigenvalue weighted by Crippen LogP contribution is -2.26. The van der Waals surface area contributed by atoms with Gasteiger partial charge < -0.3 is 4.74 Å². The van der Waals surface area contributed by atoms with Gasteiger partial charge in [0.15, 0.2) is 0 Å². The van der Waals surface area contributed by atoms with Crippen molar-refractivity contribution in [1.82, 2.24) is 0 Å². The van der Waals surface area contributed by atoms with Gasteiger partial charge in [-0.3, -0.25) is 0 Å². The molecular formula is C9H9ClF2O. The van der Waals surface area contributed by atoms with E-state index >= 15 is 0 Å². The Morgan fingerprint density at radius 3 is 2.31 bits per heavy atom. The molecule has 1 aromatic carbocycles. The van der Waals surface area contributed by atoms with Crippen LogP contribution in [0.2, 0.25) is 0 Å². The lowest BCUT2D eigenvalue weighted by atomic mass is 10.2. The van der Waals surface area contributed by atoms with Crippen LogP contribution in [-0.2, 0) is 0 Å². The van der Waals surface area contributed by atoms with Crippen molar-refractivity contribution in [3.8, 4) is 5.75 Å². The summed E-state index contributed by atoms with van der Waals surface area (Å²) in [7, 11) is 0. The summed E-state index contributed by atoms with van der Waals surface area (Å²) in [6, 6.07) is 6.35. The minimum atomic E-state index is -3.29. The van der Waals surface area contributed by atoms with Crippen LogP contribution in [0.1, 0.15) is 5.56 Å². The standard InChI is InChI=1S/C9H9ClF2O/c1-7-2-4-8(5-3-7)13-9(11,12)6-10/h2-5H,6H2,1H3. The highest BCUT2D eigenvalue weighted by atomic mass is 35.5. The number of ether oxygens (including phenoxy) is 1. The minimum absolute atomic E-state index is 0.122. The normalized spacial score (nSPS) is 11.4. The van der Waals surface area contributed by atoms with Gasteiger partial charge >= 0.3 is 6.11 Å². The molecule has 0 unspecified atom stereocenters. The number of hydrogen-bond acceptors (Lipinski definition) is 1. The van der Waals surface area contributed by atoms with Crippen molar-refractivity contribution >= 4 is 11.6 Å². The molecule has 0 aliphatic carbocycles. The highest BCUT2D eigenvalue weighted by Crippen LogP contribution is 2.22. The fourth-order valence-electron chi connectivity index (χ4n) is 0.806. The highest BCUT2D eigenvalue weighted by Gasteiger charge is 2.29. The quantitative estimate of drug-likeness (QED) is 0.690. The molecule has 1 rings (SSSR count). The van der Waals surface area contributed by atoms with Crippen LogP contribution in [0.4, 0.5) is 8.78 Å². The van der Waals surface area contributed by atoms with E-state index in [2.05, 4.69) is 4.74 Å². The molecule has 0 atom stereocenters. The summed E-state index contributed by atoms with van der Waals surface area (Å²) in [5, 5.41) is 0. The molecule has 0 spiro atoms. The number of aryl methyl sites for hydroxylation is 1. The average Bonchev–Trinajstić information content (AvgIpc) is 2.09. The molecule has 0 aromatic heterocycles. The minimum Gasteiger partial charge on any atom is -0.432 e. The molecule has 0 aliphatic heterocycles. The van der Waals surface area contributed by atoms with Crippen molar-refractivity contribution in [2.24, 2.45) is 0 Å². The Labute approximate surface area is 80.3 Å². The number of rotatable bonds is 3. The van der Waals surface area contributed by atoms with Gasteiger partial charge in [0.1, 0.15) is 11.6 Å². The SMILES string of the molecule is Cc1ccc(OC(F)(F)CCl)cc1. The van der Waals surface area contributed by atoms with E-state index in [1.54, 1.807) is 12.1 Å². The summed E-state index contributed by atoms with van der Waals surface area (Å²) >= 11 is 5.00. The molecule has 13 heavy (non-hydrogen) atoms. The number of hydrogen-bond donors (Lipinski definition) is 0. The maximum Gasteiger partial charge on any atom is 0.411 e. The zero-order valence-electron chi connectivity index (χ0n) is 7.06. The van der Waals surface area contributed by atoms with Crippen LogP contribution in [0.25, 0.3) is 0 Å². The fraction of sp³-hybridized carbons (Fsp3) is 0.333. The van der Waals surface area contributed by atoms with Gasteiger partial charge in [0.25, 0.3) is 0 Å². The molecule has 0 fully saturated rings. The van der Waals surface area contributed by atoms with Crippen LogP contribution >= 0.6 is 11.6 Å². The van der Waals surface area contributed by atoms with Gasteiger partial charge in [0.05, 0.1) is 0 Å². The Balaban J connectivity index is 2.69. The first kappa shape index (κ1) is 10.3. The topological polar surface area (TPSA) is 9.23 Å². The maximum atomic E-state index is 12.6. The van der Waals surface area contributed by atoms with Gasteiger partial charge in [-0.25, -0.2) is 0 Å². The van der Waals surface area contributed by atoms with E-state index < -0.39 is 12.0 Å². The van der Waals surface area contributed by atoms with Crippen molar-refractivity contribution in [3.63, 3.8) is 0 Å². The molecule has 0 amide bonds. The van der Waals surface area contributed by atoms with Crippen LogP contribution in [0.3, 0.4) is 0 Å². The van der Waals surface area contributed by atoms with Crippen LogP contribution in [0, 0.1) is 6.92 Å². The first-order valence-corrected chi connectivity index (χ1v) is 4.26. The number of alkyl halides is 3. The summed E-state index contributed by atoms with van der Waals surface area (Å²) in [5.41, 5.74) is 0.988. The van der Waals surface area contributed by atoms with Gasteiger partial charge in [-0.15, -0.1) is 11.6 Å².